The molecule has 0 fully saturated rings. The van der Waals surface area contributed by atoms with Gasteiger partial charge in [0.2, 0.25) is 0 Å². The molecule has 0 saturated heterocycles. The Labute approximate surface area is 129 Å². The van der Waals surface area contributed by atoms with Crippen molar-refractivity contribution in [2.24, 2.45) is 5.92 Å². The Hall–Kier alpha value is -2.15. The second-order valence-corrected chi connectivity index (χ2v) is 5.65. The van der Waals surface area contributed by atoms with Crippen LogP contribution in [0.2, 0.25) is 0 Å². The van der Waals surface area contributed by atoms with Crippen molar-refractivity contribution in [1.82, 2.24) is 4.90 Å². The monoisotopic (exact) mass is 310 g/mol. The largest absolute Gasteiger partial charge is 0.491 e. The molecule has 0 heterocycles. The van der Waals surface area contributed by atoms with Gasteiger partial charge in [-0.05, 0) is 27.0 Å². The molecule has 0 radical (unpaired) electrons. The second kappa shape index (κ2) is 7.74. The molecular weight excluding hydrogens is 288 g/mol. The highest BCUT2D eigenvalue weighted by molar-refractivity contribution is 5.69. The molecule has 1 atom stereocenters. The molecule has 0 aliphatic rings. The lowest BCUT2D eigenvalue weighted by Gasteiger charge is -2.21. The molecule has 22 heavy (non-hydrogen) atoms. The van der Waals surface area contributed by atoms with E-state index in [1.165, 1.54) is 12.1 Å². The van der Waals surface area contributed by atoms with Crippen molar-refractivity contribution < 1.29 is 19.6 Å². The molecule has 0 saturated carbocycles. The summed E-state index contributed by atoms with van der Waals surface area (Å²) < 4.78 is 5.67. The Morgan fingerprint density at radius 2 is 2.05 bits per heavy atom. The van der Waals surface area contributed by atoms with E-state index in [-0.39, 0.29) is 11.8 Å². The van der Waals surface area contributed by atoms with Gasteiger partial charge in [-0.25, -0.2) is 0 Å². The summed E-state index contributed by atoms with van der Waals surface area (Å²) in [4.78, 5) is 23.2. The third kappa shape index (κ3) is 5.33. The van der Waals surface area contributed by atoms with Gasteiger partial charge in [-0.15, -0.1) is 0 Å². The molecule has 0 amide bonds. The van der Waals surface area contributed by atoms with Gasteiger partial charge in [-0.3, -0.25) is 14.9 Å². The predicted octanol–water partition coefficient (Wildman–Crippen LogP) is 2.53. The van der Waals surface area contributed by atoms with Gasteiger partial charge in [0.05, 0.1) is 16.9 Å². The number of carbonyl (C=O) groups is 1. The third-order valence-corrected chi connectivity index (χ3v) is 3.06. The van der Waals surface area contributed by atoms with Crippen LogP contribution in [0.25, 0.3) is 0 Å². The molecule has 7 heteroatoms. The molecule has 122 valence electrons. The standard InChI is InChI=1S/C15H22N2O5/c1-10(2)22-14-6-5-13(17(20)21)7-12(14)9-16(4)8-11(3)15(18)19/h5-7,10-11H,8-9H2,1-4H3,(H,18,19). The number of ether oxygens (including phenoxy) is 1. The highest BCUT2D eigenvalue weighted by Crippen LogP contribution is 2.26. The van der Waals surface area contributed by atoms with E-state index in [0.717, 1.165) is 0 Å². The van der Waals surface area contributed by atoms with E-state index in [2.05, 4.69) is 0 Å². The van der Waals surface area contributed by atoms with E-state index >= 15 is 0 Å². The highest BCUT2D eigenvalue weighted by atomic mass is 16.6. The van der Waals surface area contributed by atoms with Gasteiger partial charge in [-0.1, -0.05) is 6.92 Å². The molecule has 7 nitrogen and oxygen atoms in total. The Morgan fingerprint density at radius 1 is 1.41 bits per heavy atom. The first kappa shape index (κ1) is 17.9. The van der Waals surface area contributed by atoms with Gasteiger partial charge >= 0.3 is 5.97 Å². The van der Waals surface area contributed by atoms with E-state index in [9.17, 15) is 14.9 Å². The summed E-state index contributed by atoms with van der Waals surface area (Å²) in [7, 11) is 1.78. The summed E-state index contributed by atoms with van der Waals surface area (Å²) in [6.07, 6.45) is -0.0524. The summed E-state index contributed by atoms with van der Waals surface area (Å²) in [6, 6.07) is 4.46. The summed E-state index contributed by atoms with van der Waals surface area (Å²) in [5.74, 6) is -0.807. The van der Waals surface area contributed by atoms with Crippen molar-refractivity contribution >= 4 is 11.7 Å². The molecule has 0 aromatic heterocycles. The molecule has 1 aromatic rings. The summed E-state index contributed by atoms with van der Waals surface area (Å²) in [5.41, 5.74) is 0.661. The van der Waals surface area contributed by atoms with E-state index < -0.39 is 16.8 Å². The Morgan fingerprint density at radius 3 is 2.55 bits per heavy atom. The van der Waals surface area contributed by atoms with Gasteiger partial charge in [0.1, 0.15) is 5.75 Å². The lowest BCUT2D eigenvalue weighted by atomic mass is 10.1. The average molecular weight is 310 g/mol. The van der Waals surface area contributed by atoms with Gasteiger partial charge in [-0.2, -0.15) is 0 Å². The number of hydrogen-bond acceptors (Lipinski definition) is 5. The zero-order valence-electron chi connectivity index (χ0n) is 13.3. The Balaban J connectivity index is 2.95. The van der Waals surface area contributed by atoms with Crippen molar-refractivity contribution in [3.05, 3.63) is 33.9 Å². The minimum absolute atomic E-state index is 0.00853. The minimum Gasteiger partial charge on any atom is -0.491 e. The summed E-state index contributed by atoms with van der Waals surface area (Å²) in [6.45, 7) is 6.10. The van der Waals surface area contributed by atoms with Crippen LogP contribution in [-0.2, 0) is 11.3 Å². The number of nitro benzene ring substituents is 1. The number of benzene rings is 1. The number of rotatable bonds is 8. The first-order valence-electron chi connectivity index (χ1n) is 7.06. The van der Waals surface area contributed by atoms with Crippen molar-refractivity contribution in [1.29, 1.82) is 0 Å². The number of aliphatic carboxylic acids is 1. The maximum absolute atomic E-state index is 10.9. The van der Waals surface area contributed by atoms with E-state index in [1.54, 1.807) is 20.0 Å². The molecule has 1 unspecified atom stereocenters. The van der Waals surface area contributed by atoms with Crippen molar-refractivity contribution in [2.45, 2.75) is 33.4 Å². The molecule has 1 rings (SSSR count). The van der Waals surface area contributed by atoms with Gasteiger partial charge in [0, 0.05) is 30.8 Å². The van der Waals surface area contributed by atoms with Crippen LogP contribution in [0, 0.1) is 16.0 Å². The van der Waals surface area contributed by atoms with Crippen LogP contribution in [-0.4, -0.2) is 40.6 Å². The first-order chi connectivity index (χ1) is 10.2. The minimum atomic E-state index is -0.871. The van der Waals surface area contributed by atoms with Gasteiger partial charge in [0.25, 0.3) is 5.69 Å². The lowest BCUT2D eigenvalue weighted by Crippen LogP contribution is -2.28. The normalized spacial score (nSPS) is 12.5. The van der Waals surface area contributed by atoms with E-state index in [1.807, 2.05) is 18.7 Å². The quantitative estimate of drug-likeness (QED) is 0.586. The van der Waals surface area contributed by atoms with Crippen LogP contribution < -0.4 is 4.74 Å². The molecule has 0 aliphatic heterocycles. The average Bonchev–Trinajstić information content (AvgIpc) is 2.39. The molecule has 0 bridgehead atoms. The number of hydrogen-bond donors (Lipinski definition) is 1. The maximum atomic E-state index is 10.9. The SMILES string of the molecule is CC(C)Oc1ccc([N+](=O)[O-])cc1CN(C)CC(C)C(=O)O. The third-order valence-electron chi connectivity index (χ3n) is 3.06. The van der Waals surface area contributed by atoms with Crippen LogP contribution >= 0.6 is 0 Å². The van der Waals surface area contributed by atoms with Gasteiger partial charge in [0.15, 0.2) is 0 Å². The molecule has 0 aliphatic carbocycles. The summed E-state index contributed by atoms with van der Waals surface area (Å²) in [5, 5.41) is 19.9. The number of carboxylic acids is 1. The number of carboxylic acid groups (broad SMARTS) is 1. The fraction of sp³-hybridized carbons (Fsp3) is 0.533. The second-order valence-electron chi connectivity index (χ2n) is 5.65. The highest BCUT2D eigenvalue weighted by Gasteiger charge is 2.17. The van der Waals surface area contributed by atoms with Crippen molar-refractivity contribution in [3.8, 4) is 5.75 Å². The fourth-order valence-corrected chi connectivity index (χ4v) is 2.07. The van der Waals surface area contributed by atoms with Gasteiger partial charge < -0.3 is 14.7 Å². The van der Waals surface area contributed by atoms with Crippen molar-refractivity contribution in [3.63, 3.8) is 0 Å². The first-order valence-corrected chi connectivity index (χ1v) is 7.06. The molecular formula is C15H22N2O5. The molecule has 0 spiro atoms. The van der Waals surface area contributed by atoms with Crippen LogP contribution in [0.5, 0.6) is 5.75 Å². The Kier molecular flexibility index (Phi) is 6.30. The topological polar surface area (TPSA) is 92.9 Å². The summed E-state index contributed by atoms with van der Waals surface area (Å²) >= 11 is 0. The molecule has 1 N–H and O–H groups in total. The van der Waals surface area contributed by atoms with Crippen LogP contribution in [0.3, 0.4) is 0 Å². The predicted molar refractivity (Wildman–Crippen MR) is 82.0 cm³/mol. The number of nitrogens with zero attached hydrogens (tertiary/aromatic N) is 2. The van der Waals surface area contributed by atoms with E-state index in [4.69, 9.17) is 9.84 Å². The zero-order valence-corrected chi connectivity index (χ0v) is 13.3. The van der Waals surface area contributed by atoms with Crippen molar-refractivity contribution in [2.75, 3.05) is 13.6 Å². The Bertz CT molecular complexity index is 545. The smallest absolute Gasteiger partial charge is 0.307 e. The fourth-order valence-electron chi connectivity index (χ4n) is 2.07. The van der Waals surface area contributed by atoms with E-state index in [0.29, 0.717) is 24.4 Å². The number of non-ortho nitro benzene ring substituents is 1. The number of nitro groups is 1. The van der Waals surface area contributed by atoms with Crippen LogP contribution in [0.4, 0.5) is 5.69 Å². The van der Waals surface area contributed by atoms with Crippen LogP contribution in [0.1, 0.15) is 26.3 Å². The lowest BCUT2D eigenvalue weighted by molar-refractivity contribution is -0.385. The molecule has 1 aromatic carbocycles. The van der Waals surface area contributed by atoms with Crippen LogP contribution in [0.15, 0.2) is 18.2 Å². The zero-order chi connectivity index (χ0) is 16.9. The maximum Gasteiger partial charge on any atom is 0.307 e.